The zero-order valence-electron chi connectivity index (χ0n) is 10.0. The van der Waals surface area contributed by atoms with Crippen molar-refractivity contribution in [1.82, 2.24) is 0 Å². The lowest BCUT2D eigenvalue weighted by molar-refractivity contribution is 0.198. The summed E-state index contributed by atoms with van der Waals surface area (Å²) in [5.41, 5.74) is 0.796. The second-order valence-corrected chi connectivity index (χ2v) is 5.73. The molecule has 0 aliphatic carbocycles. The molecule has 0 aliphatic heterocycles. The van der Waals surface area contributed by atoms with E-state index in [1.807, 2.05) is 0 Å². The van der Waals surface area contributed by atoms with E-state index >= 15 is 0 Å². The highest BCUT2D eigenvalue weighted by molar-refractivity contribution is 9.10. The zero-order chi connectivity index (χ0) is 14.0. The Morgan fingerprint density at radius 3 is 2.53 bits per heavy atom. The van der Waals surface area contributed by atoms with Crippen LogP contribution in [0.4, 0.5) is 0 Å². The van der Waals surface area contributed by atoms with Crippen LogP contribution in [0.5, 0.6) is 11.5 Å². The predicted octanol–water partition coefficient (Wildman–Crippen LogP) is 5.60. The molecular weight excluding hydrogens is 351 g/mol. The number of aliphatic hydroxyl groups is 1. The number of ether oxygens (including phenoxy) is 1. The fourth-order valence-electron chi connectivity index (χ4n) is 1.59. The monoisotopic (exact) mass is 360 g/mol. The molecule has 0 aromatic heterocycles. The maximum absolute atomic E-state index is 9.56. The van der Waals surface area contributed by atoms with Gasteiger partial charge in [-0.15, -0.1) is 0 Å². The largest absolute Gasteiger partial charge is 0.456 e. The van der Waals surface area contributed by atoms with Gasteiger partial charge in [0, 0.05) is 15.6 Å². The molecule has 1 N–H and O–H groups in total. The van der Waals surface area contributed by atoms with Crippen LogP contribution in [0.2, 0.25) is 10.0 Å². The number of hydrogen-bond acceptors (Lipinski definition) is 2. The van der Waals surface area contributed by atoms with E-state index in [9.17, 15) is 5.11 Å². The Labute approximate surface area is 130 Å². The fourth-order valence-corrected chi connectivity index (χ4v) is 2.60. The first kappa shape index (κ1) is 14.7. The molecule has 0 saturated carbocycles. The van der Waals surface area contributed by atoms with Crippen molar-refractivity contribution in [3.8, 4) is 11.5 Å². The van der Waals surface area contributed by atoms with Crippen LogP contribution in [0.3, 0.4) is 0 Å². The summed E-state index contributed by atoms with van der Waals surface area (Å²) < 4.78 is 6.45. The van der Waals surface area contributed by atoms with Gasteiger partial charge in [-0.2, -0.15) is 0 Å². The average molecular weight is 362 g/mol. The summed E-state index contributed by atoms with van der Waals surface area (Å²) in [6.45, 7) is 1.70. The Hall–Kier alpha value is -0.740. The molecule has 0 radical (unpaired) electrons. The molecular formula is C14H11BrCl2O2. The van der Waals surface area contributed by atoms with Gasteiger partial charge in [0.2, 0.25) is 0 Å². The first-order chi connectivity index (χ1) is 8.97. The van der Waals surface area contributed by atoms with Gasteiger partial charge in [-0.25, -0.2) is 0 Å². The second-order valence-electron chi connectivity index (χ2n) is 4.04. The third-order valence-electron chi connectivity index (χ3n) is 2.54. The smallest absolute Gasteiger partial charge is 0.147 e. The zero-order valence-corrected chi connectivity index (χ0v) is 13.1. The number of rotatable bonds is 3. The molecule has 0 bridgehead atoms. The van der Waals surface area contributed by atoms with E-state index in [-0.39, 0.29) is 0 Å². The van der Waals surface area contributed by atoms with Crippen LogP contribution < -0.4 is 4.74 Å². The topological polar surface area (TPSA) is 29.5 Å². The summed E-state index contributed by atoms with van der Waals surface area (Å²) in [7, 11) is 0. The summed E-state index contributed by atoms with van der Waals surface area (Å²) in [4.78, 5) is 0. The Morgan fingerprint density at radius 2 is 1.89 bits per heavy atom. The van der Waals surface area contributed by atoms with E-state index in [4.69, 9.17) is 27.9 Å². The van der Waals surface area contributed by atoms with Gasteiger partial charge in [-0.1, -0.05) is 45.2 Å². The van der Waals surface area contributed by atoms with Crippen LogP contribution in [0.25, 0.3) is 0 Å². The highest BCUT2D eigenvalue weighted by atomic mass is 79.9. The van der Waals surface area contributed by atoms with Crippen LogP contribution in [0, 0.1) is 0 Å². The molecule has 19 heavy (non-hydrogen) atoms. The molecule has 0 fully saturated rings. The van der Waals surface area contributed by atoms with Gasteiger partial charge in [0.05, 0.1) is 11.1 Å². The Morgan fingerprint density at radius 1 is 1.16 bits per heavy atom. The van der Waals surface area contributed by atoms with E-state index in [2.05, 4.69) is 15.9 Å². The lowest BCUT2D eigenvalue weighted by Gasteiger charge is -2.11. The van der Waals surface area contributed by atoms with Gasteiger partial charge in [-0.3, -0.25) is 0 Å². The number of aliphatic hydroxyl groups excluding tert-OH is 1. The van der Waals surface area contributed by atoms with Gasteiger partial charge in [0.25, 0.3) is 0 Å². The quantitative estimate of drug-likeness (QED) is 0.770. The molecule has 0 saturated heterocycles. The molecule has 0 spiro atoms. The molecule has 1 atom stereocenters. The molecule has 0 unspecified atom stereocenters. The van der Waals surface area contributed by atoms with Crippen molar-refractivity contribution in [2.45, 2.75) is 13.0 Å². The van der Waals surface area contributed by atoms with E-state index in [1.54, 1.807) is 43.3 Å². The van der Waals surface area contributed by atoms with E-state index in [0.29, 0.717) is 21.5 Å². The third-order valence-corrected chi connectivity index (χ3v) is 3.78. The maximum atomic E-state index is 9.56. The van der Waals surface area contributed by atoms with Gasteiger partial charge in [-0.05, 0) is 36.8 Å². The van der Waals surface area contributed by atoms with Crippen molar-refractivity contribution in [1.29, 1.82) is 0 Å². The van der Waals surface area contributed by atoms with Crippen LogP contribution in [-0.2, 0) is 0 Å². The highest BCUT2D eigenvalue weighted by Gasteiger charge is 2.09. The Balaban J connectivity index is 2.29. The molecule has 0 heterocycles. The summed E-state index contributed by atoms with van der Waals surface area (Å²) >= 11 is 15.3. The average Bonchev–Trinajstić information content (AvgIpc) is 2.33. The SMILES string of the molecule is C[C@@H](O)c1ccc(Oc2cc(Cl)ccc2Cl)cc1Br. The Kier molecular flexibility index (Phi) is 4.74. The van der Waals surface area contributed by atoms with Gasteiger partial charge < -0.3 is 9.84 Å². The minimum atomic E-state index is -0.543. The predicted molar refractivity (Wildman–Crippen MR) is 81.3 cm³/mol. The molecule has 2 aromatic carbocycles. The fraction of sp³-hybridized carbons (Fsp3) is 0.143. The van der Waals surface area contributed by atoms with Crippen LogP contribution in [0.1, 0.15) is 18.6 Å². The van der Waals surface area contributed by atoms with Crippen molar-refractivity contribution in [2.75, 3.05) is 0 Å². The summed E-state index contributed by atoms with van der Waals surface area (Å²) in [6, 6.07) is 10.4. The van der Waals surface area contributed by atoms with Crippen LogP contribution >= 0.6 is 39.1 Å². The van der Waals surface area contributed by atoms with Crippen molar-refractivity contribution in [3.63, 3.8) is 0 Å². The molecule has 2 nitrogen and oxygen atoms in total. The minimum absolute atomic E-state index is 0.486. The summed E-state index contributed by atoms with van der Waals surface area (Å²) in [5, 5.41) is 10.6. The van der Waals surface area contributed by atoms with Crippen molar-refractivity contribution >= 4 is 39.1 Å². The van der Waals surface area contributed by atoms with Crippen LogP contribution in [0.15, 0.2) is 40.9 Å². The van der Waals surface area contributed by atoms with E-state index < -0.39 is 6.10 Å². The van der Waals surface area contributed by atoms with Gasteiger partial charge >= 0.3 is 0 Å². The van der Waals surface area contributed by atoms with Gasteiger partial charge in [0.15, 0.2) is 0 Å². The van der Waals surface area contributed by atoms with Crippen molar-refractivity contribution < 1.29 is 9.84 Å². The van der Waals surface area contributed by atoms with Crippen LogP contribution in [-0.4, -0.2) is 5.11 Å². The Bertz CT molecular complexity index is 600. The number of hydrogen-bond donors (Lipinski definition) is 1. The molecule has 100 valence electrons. The van der Waals surface area contributed by atoms with E-state index in [0.717, 1.165) is 10.0 Å². The molecule has 5 heteroatoms. The van der Waals surface area contributed by atoms with E-state index in [1.165, 1.54) is 0 Å². The summed E-state index contributed by atoms with van der Waals surface area (Å²) in [5.74, 6) is 1.10. The number of benzene rings is 2. The minimum Gasteiger partial charge on any atom is -0.456 e. The lowest BCUT2D eigenvalue weighted by atomic mass is 10.1. The maximum Gasteiger partial charge on any atom is 0.147 e. The first-order valence-electron chi connectivity index (χ1n) is 5.58. The third kappa shape index (κ3) is 3.63. The first-order valence-corrected chi connectivity index (χ1v) is 7.12. The number of halogens is 3. The summed E-state index contributed by atoms with van der Waals surface area (Å²) in [6.07, 6.45) is -0.543. The van der Waals surface area contributed by atoms with Crippen molar-refractivity contribution in [2.24, 2.45) is 0 Å². The van der Waals surface area contributed by atoms with Crippen molar-refractivity contribution in [3.05, 3.63) is 56.5 Å². The van der Waals surface area contributed by atoms with Gasteiger partial charge in [0.1, 0.15) is 11.5 Å². The second kappa shape index (κ2) is 6.14. The molecule has 0 amide bonds. The lowest BCUT2D eigenvalue weighted by Crippen LogP contribution is -1.93. The molecule has 2 rings (SSSR count). The highest BCUT2D eigenvalue weighted by Crippen LogP contribution is 2.34. The molecule has 0 aliphatic rings. The standard InChI is InChI=1S/C14H11BrCl2O2/c1-8(18)11-4-3-10(7-12(11)15)19-14-6-9(16)2-5-13(14)17/h2-8,18H,1H3/t8-/m1/s1. The normalized spacial score (nSPS) is 12.3. The molecule has 2 aromatic rings.